The van der Waals surface area contributed by atoms with Crippen molar-refractivity contribution in [3.63, 3.8) is 0 Å². The fourth-order valence-corrected chi connectivity index (χ4v) is 8.37. The minimum absolute atomic E-state index is 0.0659. The Balaban J connectivity index is 1.29. The molecule has 0 fully saturated rings. The van der Waals surface area contributed by atoms with Gasteiger partial charge in [0.05, 0.1) is 11.4 Å². The van der Waals surface area contributed by atoms with Gasteiger partial charge in [-0.25, -0.2) is 0 Å². The molecule has 0 unspecified atom stereocenters. The predicted octanol–water partition coefficient (Wildman–Crippen LogP) is 13.3. The molecule has 49 heavy (non-hydrogen) atoms. The molecule has 8 aromatic carbocycles. The van der Waals surface area contributed by atoms with Crippen LogP contribution in [0.3, 0.4) is 0 Å². The maximum absolute atomic E-state index is 6.34. The van der Waals surface area contributed by atoms with E-state index >= 15 is 0 Å². The smallest absolute Gasteiger partial charge is 0.136 e. The predicted molar refractivity (Wildman–Crippen MR) is 206 cm³/mol. The van der Waals surface area contributed by atoms with Gasteiger partial charge in [-0.05, 0) is 86.4 Å². The van der Waals surface area contributed by atoms with Crippen LogP contribution in [-0.4, -0.2) is 0 Å². The summed E-state index contributed by atoms with van der Waals surface area (Å²) in [7, 11) is 0. The van der Waals surface area contributed by atoms with Crippen LogP contribution in [0.2, 0.25) is 0 Å². The Morgan fingerprint density at radius 1 is 0.429 bits per heavy atom. The van der Waals surface area contributed by atoms with E-state index in [2.05, 4.69) is 176 Å². The Kier molecular flexibility index (Phi) is 5.95. The van der Waals surface area contributed by atoms with Gasteiger partial charge >= 0.3 is 0 Å². The Bertz CT molecular complexity index is 2760. The van der Waals surface area contributed by atoms with Crippen molar-refractivity contribution >= 4 is 60.5 Å². The third kappa shape index (κ3) is 4.07. The summed E-state index contributed by atoms with van der Waals surface area (Å²) in [5.74, 6) is 0. The van der Waals surface area contributed by atoms with Crippen molar-refractivity contribution in [3.8, 4) is 22.3 Å². The van der Waals surface area contributed by atoms with Crippen LogP contribution in [0.25, 0.3) is 65.7 Å². The standard InChI is InChI=1S/C47H33NO/c1-47(2)40-21-8-5-16-34(40)39-29-31(25-27-41(39)47)48(42-22-9-6-17-35(42)33-19-11-14-30-13-3-4-15-32(30)33)43-23-12-20-37-36(43)26-28-45-46(37)38-18-7-10-24-44(38)49-45/h3-29H,1-2H3. The number of furan rings is 1. The largest absolute Gasteiger partial charge is 0.456 e. The Labute approximate surface area is 285 Å². The van der Waals surface area contributed by atoms with Gasteiger partial charge in [0.1, 0.15) is 11.2 Å². The SMILES string of the molecule is CC1(C)c2ccccc2-c2cc(N(c3ccccc3-c3cccc4ccccc34)c3cccc4c3ccc3oc5ccccc5c34)ccc21. The number of para-hydroxylation sites is 2. The molecule has 0 aliphatic heterocycles. The first-order valence-electron chi connectivity index (χ1n) is 17.0. The van der Waals surface area contributed by atoms with Crippen molar-refractivity contribution in [1.82, 2.24) is 0 Å². The molecule has 1 aliphatic rings. The molecular weight excluding hydrogens is 595 g/mol. The number of rotatable bonds is 4. The topological polar surface area (TPSA) is 16.4 Å². The van der Waals surface area contributed by atoms with E-state index in [4.69, 9.17) is 4.42 Å². The Morgan fingerprint density at radius 3 is 2.00 bits per heavy atom. The number of fused-ring (bicyclic) bond motifs is 9. The first-order chi connectivity index (χ1) is 24.1. The van der Waals surface area contributed by atoms with Gasteiger partial charge in [-0.2, -0.15) is 0 Å². The number of hydrogen-bond acceptors (Lipinski definition) is 2. The summed E-state index contributed by atoms with van der Waals surface area (Å²) in [4.78, 5) is 2.47. The molecule has 0 atom stereocenters. The van der Waals surface area contributed by atoms with E-state index in [-0.39, 0.29) is 5.41 Å². The van der Waals surface area contributed by atoms with Crippen molar-refractivity contribution in [3.05, 3.63) is 175 Å². The second kappa shape index (κ2) is 10.4. The summed E-state index contributed by atoms with van der Waals surface area (Å²) in [6, 6.07) is 59.6. The second-order valence-electron chi connectivity index (χ2n) is 13.7. The van der Waals surface area contributed by atoms with Crippen molar-refractivity contribution in [2.45, 2.75) is 19.3 Å². The fourth-order valence-electron chi connectivity index (χ4n) is 8.37. The van der Waals surface area contributed by atoms with Crippen LogP contribution in [0.4, 0.5) is 17.1 Å². The summed E-state index contributed by atoms with van der Waals surface area (Å²) < 4.78 is 6.34. The highest BCUT2D eigenvalue weighted by atomic mass is 16.3. The molecule has 0 amide bonds. The number of nitrogens with zero attached hydrogens (tertiary/aromatic N) is 1. The average Bonchev–Trinajstić information content (AvgIpc) is 3.64. The molecule has 0 radical (unpaired) electrons. The molecule has 2 heteroatoms. The molecule has 0 saturated carbocycles. The molecule has 0 N–H and O–H groups in total. The van der Waals surface area contributed by atoms with Crippen molar-refractivity contribution < 1.29 is 4.42 Å². The van der Waals surface area contributed by atoms with Crippen LogP contribution in [0, 0.1) is 0 Å². The number of hydrogen-bond donors (Lipinski definition) is 0. The molecule has 10 rings (SSSR count). The molecule has 232 valence electrons. The fraction of sp³-hybridized carbons (Fsp3) is 0.0638. The van der Waals surface area contributed by atoms with Crippen LogP contribution >= 0.6 is 0 Å². The van der Waals surface area contributed by atoms with Gasteiger partial charge in [0, 0.05) is 32.8 Å². The van der Waals surface area contributed by atoms with E-state index in [1.54, 1.807) is 0 Å². The molecule has 0 spiro atoms. The van der Waals surface area contributed by atoms with E-state index in [0.29, 0.717) is 0 Å². The number of benzene rings is 8. The Morgan fingerprint density at radius 2 is 1.08 bits per heavy atom. The van der Waals surface area contributed by atoms with E-state index < -0.39 is 0 Å². The zero-order valence-corrected chi connectivity index (χ0v) is 27.4. The van der Waals surface area contributed by atoms with Crippen LogP contribution in [-0.2, 0) is 5.41 Å². The van der Waals surface area contributed by atoms with E-state index in [9.17, 15) is 0 Å². The van der Waals surface area contributed by atoms with Gasteiger partial charge in [0.25, 0.3) is 0 Å². The van der Waals surface area contributed by atoms with Gasteiger partial charge in [0.15, 0.2) is 0 Å². The third-order valence-corrected chi connectivity index (χ3v) is 10.7. The van der Waals surface area contributed by atoms with Crippen molar-refractivity contribution in [2.24, 2.45) is 0 Å². The van der Waals surface area contributed by atoms with Gasteiger partial charge in [0.2, 0.25) is 0 Å². The van der Waals surface area contributed by atoms with Crippen molar-refractivity contribution in [1.29, 1.82) is 0 Å². The first-order valence-corrected chi connectivity index (χ1v) is 17.0. The molecule has 9 aromatic rings. The molecule has 1 aromatic heterocycles. The molecule has 0 saturated heterocycles. The molecule has 1 heterocycles. The molecule has 1 aliphatic carbocycles. The summed E-state index contributed by atoms with van der Waals surface area (Å²) in [5, 5.41) is 7.13. The quantitative estimate of drug-likeness (QED) is 0.193. The van der Waals surface area contributed by atoms with Crippen LogP contribution in [0.15, 0.2) is 168 Å². The normalized spacial score (nSPS) is 13.3. The zero-order valence-electron chi connectivity index (χ0n) is 27.4. The van der Waals surface area contributed by atoms with Crippen molar-refractivity contribution in [2.75, 3.05) is 4.90 Å². The molecular formula is C47H33NO. The first kappa shape index (κ1) is 27.9. The summed E-state index contributed by atoms with van der Waals surface area (Å²) in [5.41, 5.74) is 12.9. The molecule has 0 bridgehead atoms. The highest BCUT2D eigenvalue weighted by Crippen LogP contribution is 2.52. The summed E-state index contributed by atoms with van der Waals surface area (Å²) in [6.07, 6.45) is 0. The lowest BCUT2D eigenvalue weighted by Crippen LogP contribution is -2.15. The minimum atomic E-state index is -0.0659. The maximum Gasteiger partial charge on any atom is 0.136 e. The van der Waals surface area contributed by atoms with E-state index in [0.717, 1.165) is 39.0 Å². The number of anilines is 3. The van der Waals surface area contributed by atoms with Gasteiger partial charge in [-0.1, -0.05) is 135 Å². The minimum Gasteiger partial charge on any atom is -0.456 e. The third-order valence-electron chi connectivity index (χ3n) is 10.7. The van der Waals surface area contributed by atoms with E-state index in [1.165, 1.54) is 54.9 Å². The van der Waals surface area contributed by atoms with Crippen LogP contribution < -0.4 is 4.90 Å². The monoisotopic (exact) mass is 627 g/mol. The second-order valence-corrected chi connectivity index (χ2v) is 13.7. The van der Waals surface area contributed by atoms with Gasteiger partial charge in [-0.3, -0.25) is 0 Å². The lowest BCUT2D eigenvalue weighted by molar-refractivity contribution is 0.660. The lowest BCUT2D eigenvalue weighted by atomic mass is 9.82. The summed E-state index contributed by atoms with van der Waals surface area (Å²) >= 11 is 0. The average molecular weight is 628 g/mol. The Hall–Kier alpha value is -6.12. The van der Waals surface area contributed by atoms with Gasteiger partial charge in [-0.15, -0.1) is 0 Å². The van der Waals surface area contributed by atoms with Crippen LogP contribution in [0.1, 0.15) is 25.0 Å². The molecule has 2 nitrogen and oxygen atoms in total. The maximum atomic E-state index is 6.34. The van der Waals surface area contributed by atoms with Gasteiger partial charge < -0.3 is 9.32 Å². The highest BCUT2D eigenvalue weighted by molar-refractivity contribution is 6.21. The van der Waals surface area contributed by atoms with Crippen LogP contribution in [0.5, 0.6) is 0 Å². The highest BCUT2D eigenvalue weighted by Gasteiger charge is 2.35. The van der Waals surface area contributed by atoms with E-state index in [1.807, 2.05) is 6.07 Å². The lowest BCUT2D eigenvalue weighted by Gasteiger charge is -2.30. The zero-order chi connectivity index (χ0) is 32.7. The summed E-state index contributed by atoms with van der Waals surface area (Å²) in [6.45, 7) is 4.69.